The van der Waals surface area contributed by atoms with E-state index in [4.69, 9.17) is 5.73 Å². The van der Waals surface area contributed by atoms with Crippen LogP contribution in [0, 0.1) is 0 Å². The van der Waals surface area contributed by atoms with E-state index < -0.39 is 11.7 Å². The standard InChI is InChI=1S/C13H17F3N2/c14-13(15,16)11-3-1-10(2-4-11)9-18(8-7-17)12-5-6-12/h1-4,12H,5-9,17H2. The Bertz CT molecular complexity index is 382. The second kappa shape index (κ2) is 5.28. The predicted molar refractivity (Wildman–Crippen MR) is 63.9 cm³/mol. The van der Waals surface area contributed by atoms with Crippen molar-refractivity contribution in [2.24, 2.45) is 5.73 Å². The van der Waals surface area contributed by atoms with Gasteiger partial charge in [-0.25, -0.2) is 0 Å². The normalized spacial score (nSPS) is 16.3. The Labute approximate surface area is 105 Å². The zero-order valence-corrected chi connectivity index (χ0v) is 10.1. The zero-order valence-electron chi connectivity index (χ0n) is 10.1. The van der Waals surface area contributed by atoms with E-state index in [1.54, 1.807) is 12.1 Å². The second-order valence-electron chi connectivity index (χ2n) is 4.69. The van der Waals surface area contributed by atoms with Gasteiger partial charge in [-0.3, -0.25) is 4.90 Å². The molecule has 0 bridgehead atoms. The molecule has 2 rings (SSSR count). The minimum Gasteiger partial charge on any atom is -0.329 e. The van der Waals surface area contributed by atoms with Crippen molar-refractivity contribution in [2.75, 3.05) is 13.1 Å². The number of nitrogens with zero attached hydrogens (tertiary/aromatic N) is 1. The lowest BCUT2D eigenvalue weighted by Gasteiger charge is -2.21. The summed E-state index contributed by atoms with van der Waals surface area (Å²) in [6.45, 7) is 2.06. The first-order valence-electron chi connectivity index (χ1n) is 6.11. The van der Waals surface area contributed by atoms with Crippen molar-refractivity contribution in [3.8, 4) is 0 Å². The number of hydrogen-bond donors (Lipinski definition) is 1. The van der Waals surface area contributed by atoms with E-state index in [9.17, 15) is 13.2 Å². The summed E-state index contributed by atoms with van der Waals surface area (Å²) in [5.74, 6) is 0. The van der Waals surface area contributed by atoms with Crippen LogP contribution in [-0.2, 0) is 12.7 Å². The van der Waals surface area contributed by atoms with Crippen molar-refractivity contribution in [1.82, 2.24) is 4.90 Å². The van der Waals surface area contributed by atoms with Gasteiger partial charge in [-0.05, 0) is 30.5 Å². The Hall–Kier alpha value is -1.07. The minimum absolute atomic E-state index is 0.566. The maximum Gasteiger partial charge on any atom is 0.416 e. The Morgan fingerprint density at radius 3 is 2.22 bits per heavy atom. The fourth-order valence-corrected chi connectivity index (χ4v) is 2.03. The molecule has 5 heteroatoms. The molecule has 2 nitrogen and oxygen atoms in total. The summed E-state index contributed by atoms with van der Waals surface area (Å²) in [6, 6.07) is 5.95. The molecule has 1 aromatic carbocycles. The fourth-order valence-electron chi connectivity index (χ4n) is 2.03. The summed E-state index contributed by atoms with van der Waals surface area (Å²) in [5, 5.41) is 0. The van der Waals surface area contributed by atoms with Crippen LogP contribution in [-0.4, -0.2) is 24.0 Å². The van der Waals surface area contributed by atoms with Crippen molar-refractivity contribution >= 4 is 0 Å². The van der Waals surface area contributed by atoms with Crippen molar-refractivity contribution in [2.45, 2.75) is 31.6 Å². The maximum atomic E-state index is 12.4. The molecular formula is C13H17F3N2. The number of rotatable bonds is 5. The number of nitrogens with two attached hydrogens (primary N) is 1. The summed E-state index contributed by atoms with van der Waals surface area (Å²) in [7, 11) is 0. The predicted octanol–water partition coefficient (Wildman–Crippen LogP) is 2.63. The molecule has 0 atom stereocenters. The van der Waals surface area contributed by atoms with Gasteiger partial charge in [-0.15, -0.1) is 0 Å². The highest BCUT2D eigenvalue weighted by atomic mass is 19.4. The number of benzene rings is 1. The lowest BCUT2D eigenvalue weighted by atomic mass is 10.1. The van der Waals surface area contributed by atoms with Gasteiger partial charge >= 0.3 is 6.18 Å². The lowest BCUT2D eigenvalue weighted by molar-refractivity contribution is -0.137. The molecule has 100 valence electrons. The van der Waals surface area contributed by atoms with E-state index in [1.165, 1.54) is 12.8 Å². The molecule has 1 aliphatic rings. The topological polar surface area (TPSA) is 29.3 Å². The van der Waals surface area contributed by atoms with E-state index >= 15 is 0 Å². The third-order valence-corrected chi connectivity index (χ3v) is 3.15. The third-order valence-electron chi connectivity index (χ3n) is 3.15. The van der Waals surface area contributed by atoms with E-state index in [-0.39, 0.29) is 0 Å². The van der Waals surface area contributed by atoms with Crippen LogP contribution < -0.4 is 5.73 Å². The van der Waals surface area contributed by atoms with Gasteiger partial charge in [0.15, 0.2) is 0 Å². The molecule has 1 aromatic rings. The van der Waals surface area contributed by atoms with Crippen LogP contribution in [0.4, 0.5) is 13.2 Å². The van der Waals surface area contributed by atoms with Gasteiger partial charge in [0, 0.05) is 25.7 Å². The summed E-state index contributed by atoms with van der Waals surface area (Å²) in [4.78, 5) is 2.24. The molecule has 1 aliphatic carbocycles. The van der Waals surface area contributed by atoms with Crippen LogP contribution in [0.2, 0.25) is 0 Å². The Kier molecular flexibility index (Phi) is 3.92. The van der Waals surface area contributed by atoms with E-state index in [2.05, 4.69) is 4.90 Å². The van der Waals surface area contributed by atoms with Crippen molar-refractivity contribution in [3.63, 3.8) is 0 Å². The fraction of sp³-hybridized carbons (Fsp3) is 0.538. The van der Waals surface area contributed by atoms with Crippen LogP contribution >= 0.6 is 0 Å². The van der Waals surface area contributed by atoms with E-state index in [0.29, 0.717) is 19.1 Å². The summed E-state index contributed by atoms with van der Waals surface area (Å²) < 4.78 is 37.2. The Balaban J connectivity index is 2.00. The monoisotopic (exact) mass is 258 g/mol. The molecule has 0 aromatic heterocycles. The summed E-state index contributed by atoms with van der Waals surface area (Å²) in [6.07, 6.45) is -1.92. The quantitative estimate of drug-likeness (QED) is 0.879. The van der Waals surface area contributed by atoms with Crippen LogP contribution in [0.15, 0.2) is 24.3 Å². The second-order valence-corrected chi connectivity index (χ2v) is 4.69. The summed E-state index contributed by atoms with van der Waals surface area (Å²) in [5.41, 5.74) is 5.85. The smallest absolute Gasteiger partial charge is 0.329 e. The van der Waals surface area contributed by atoms with Gasteiger partial charge in [0.1, 0.15) is 0 Å². The average molecular weight is 258 g/mol. The van der Waals surface area contributed by atoms with Gasteiger partial charge in [0.2, 0.25) is 0 Å². The molecule has 1 saturated carbocycles. The molecule has 0 radical (unpaired) electrons. The molecule has 0 amide bonds. The first-order valence-corrected chi connectivity index (χ1v) is 6.11. The highest BCUT2D eigenvalue weighted by Crippen LogP contribution is 2.30. The first kappa shape index (κ1) is 13.4. The van der Waals surface area contributed by atoms with Crippen LogP contribution in [0.25, 0.3) is 0 Å². The number of halogens is 3. The molecule has 0 unspecified atom stereocenters. The number of alkyl halides is 3. The molecule has 0 spiro atoms. The van der Waals surface area contributed by atoms with E-state index in [0.717, 1.165) is 24.2 Å². The van der Waals surface area contributed by atoms with Crippen molar-refractivity contribution < 1.29 is 13.2 Å². The first-order chi connectivity index (χ1) is 8.50. The highest BCUT2D eigenvalue weighted by molar-refractivity contribution is 5.24. The largest absolute Gasteiger partial charge is 0.416 e. The Morgan fingerprint density at radius 2 is 1.78 bits per heavy atom. The third kappa shape index (κ3) is 3.46. The molecule has 18 heavy (non-hydrogen) atoms. The van der Waals surface area contributed by atoms with Gasteiger partial charge in [-0.2, -0.15) is 13.2 Å². The highest BCUT2D eigenvalue weighted by Gasteiger charge is 2.31. The van der Waals surface area contributed by atoms with Crippen molar-refractivity contribution in [3.05, 3.63) is 35.4 Å². The molecule has 0 heterocycles. The Morgan fingerprint density at radius 1 is 1.17 bits per heavy atom. The average Bonchev–Trinajstić information content (AvgIpc) is 3.12. The minimum atomic E-state index is -4.26. The van der Waals surface area contributed by atoms with Gasteiger partial charge in [-0.1, -0.05) is 12.1 Å². The van der Waals surface area contributed by atoms with Crippen LogP contribution in [0.3, 0.4) is 0 Å². The van der Waals surface area contributed by atoms with Crippen LogP contribution in [0.5, 0.6) is 0 Å². The molecule has 0 saturated heterocycles. The zero-order chi connectivity index (χ0) is 13.2. The van der Waals surface area contributed by atoms with Gasteiger partial charge in [0.25, 0.3) is 0 Å². The number of hydrogen-bond acceptors (Lipinski definition) is 2. The lowest BCUT2D eigenvalue weighted by Crippen LogP contribution is -2.31. The SMILES string of the molecule is NCCN(Cc1ccc(C(F)(F)F)cc1)C1CC1. The summed E-state index contributed by atoms with van der Waals surface area (Å²) >= 11 is 0. The van der Waals surface area contributed by atoms with Gasteiger partial charge < -0.3 is 5.73 Å². The van der Waals surface area contributed by atoms with E-state index in [1.807, 2.05) is 0 Å². The van der Waals surface area contributed by atoms with Gasteiger partial charge in [0.05, 0.1) is 5.56 Å². The van der Waals surface area contributed by atoms with Crippen molar-refractivity contribution in [1.29, 1.82) is 0 Å². The molecular weight excluding hydrogens is 241 g/mol. The molecule has 1 fully saturated rings. The molecule has 2 N–H and O–H groups in total. The molecule has 0 aliphatic heterocycles. The maximum absolute atomic E-state index is 12.4. The van der Waals surface area contributed by atoms with Crippen LogP contribution in [0.1, 0.15) is 24.0 Å².